The number of carboxylic acid groups (broad SMARTS) is 1. The zero-order valence-corrected chi connectivity index (χ0v) is 65.0. The zero-order valence-electron chi connectivity index (χ0n) is 65.0. The highest BCUT2D eigenvalue weighted by Gasteiger charge is 2.25. The smallest absolute Gasteiger partial charge is 0.361 e. The van der Waals surface area contributed by atoms with E-state index in [0.29, 0.717) is 17.4 Å². The molecule has 0 fully saturated rings. The van der Waals surface area contributed by atoms with Crippen LogP contribution in [0.1, 0.15) is 412 Å². The molecule has 9 nitrogen and oxygen atoms in total. The van der Waals surface area contributed by atoms with Crippen molar-refractivity contribution in [2.45, 2.75) is 424 Å². The van der Waals surface area contributed by atoms with Crippen LogP contribution in [0.4, 0.5) is 0 Å². The van der Waals surface area contributed by atoms with Gasteiger partial charge in [0.25, 0.3) is 6.29 Å². The number of unbranched alkanes of at least 4 members (excludes halogenated alkanes) is 52. The standard InChI is InChI=1S/C88H161NO8/c1-6-8-10-12-14-16-18-20-22-24-26-28-30-32-34-36-38-39-40-41-42-43-44-45-46-47-49-50-52-54-56-58-60-62-64-66-68-70-72-74-76-78-85(90)95-82-84(83-96-88(87(92)93)94-81-80-89(3,4)5)97-86(91)79-77-75-73-71-69-67-65-63-61-59-57-55-53-51-48-37-35-33-31-29-27-25-23-21-19-17-15-13-11-9-7-2/h9,11,15,17,21,23-24,26-27,29,33,35,84,88H,6-8,10,12-14,16,18-20,22,25,28,30-32,34,36-83H2,1-5H3/p+1/b11-9-,17-15-,23-21-,26-24-,29-27-,35-33-. The number of rotatable bonds is 79. The second-order valence-corrected chi connectivity index (χ2v) is 29.8. The van der Waals surface area contributed by atoms with E-state index in [4.69, 9.17) is 18.9 Å². The molecule has 9 heteroatoms. The van der Waals surface area contributed by atoms with E-state index in [-0.39, 0.29) is 38.2 Å². The first-order valence-electron chi connectivity index (χ1n) is 42.1. The van der Waals surface area contributed by atoms with Gasteiger partial charge in [-0.2, -0.15) is 0 Å². The number of quaternary nitrogens is 1. The van der Waals surface area contributed by atoms with Gasteiger partial charge in [0.15, 0.2) is 6.10 Å². The molecule has 0 aliphatic rings. The van der Waals surface area contributed by atoms with Crippen molar-refractivity contribution in [1.82, 2.24) is 0 Å². The van der Waals surface area contributed by atoms with E-state index >= 15 is 0 Å². The molecule has 1 N–H and O–H groups in total. The van der Waals surface area contributed by atoms with Crippen molar-refractivity contribution in [3.63, 3.8) is 0 Å². The topological polar surface area (TPSA) is 108 Å². The summed E-state index contributed by atoms with van der Waals surface area (Å²) in [6.07, 6.45) is 104. The maximum Gasteiger partial charge on any atom is 0.361 e. The van der Waals surface area contributed by atoms with Crippen LogP contribution in [0.3, 0.4) is 0 Å². The second kappa shape index (κ2) is 78.4. The summed E-state index contributed by atoms with van der Waals surface area (Å²) < 4.78 is 23.1. The SMILES string of the molecule is CC/C=C\C/C=C\C/C=C\C/C=C\C/C=C\CCCCCCCCCCCCCCCCCC(=O)OC(COC(=O)CCCCCCCCCCCCCCCCCCCCCCCCCCCCCCC/C=C\CCCCCCCCCC)COC(OCC[N+](C)(C)C)C(=O)O. The maximum absolute atomic E-state index is 13.0. The van der Waals surface area contributed by atoms with Gasteiger partial charge in [-0.15, -0.1) is 0 Å². The zero-order chi connectivity index (χ0) is 70.4. The van der Waals surface area contributed by atoms with Crippen LogP contribution < -0.4 is 0 Å². The summed E-state index contributed by atoms with van der Waals surface area (Å²) >= 11 is 0. The van der Waals surface area contributed by atoms with Crippen molar-refractivity contribution in [1.29, 1.82) is 0 Å². The number of hydrogen-bond acceptors (Lipinski definition) is 7. The summed E-state index contributed by atoms with van der Waals surface area (Å²) in [6, 6.07) is 0. The van der Waals surface area contributed by atoms with Gasteiger partial charge in [-0.25, -0.2) is 4.79 Å². The van der Waals surface area contributed by atoms with Crippen LogP contribution in [0.15, 0.2) is 72.9 Å². The first kappa shape index (κ1) is 93.7. The minimum absolute atomic E-state index is 0.179. The number of carbonyl (C=O) groups excluding carboxylic acids is 2. The Morgan fingerprint density at radius 2 is 0.588 bits per heavy atom. The molecule has 0 aromatic carbocycles. The molecule has 97 heavy (non-hydrogen) atoms. The van der Waals surface area contributed by atoms with Crippen molar-refractivity contribution in [2.24, 2.45) is 0 Å². The molecular formula is C88H162NO8+. The molecule has 0 saturated heterocycles. The van der Waals surface area contributed by atoms with E-state index in [9.17, 15) is 19.5 Å². The molecule has 0 aliphatic carbocycles. The fraction of sp³-hybridized carbons (Fsp3) is 0.830. The van der Waals surface area contributed by atoms with Gasteiger partial charge >= 0.3 is 17.9 Å². The molecule has 566 valence electrons. The predicted molar refractivity (Wildman–Crippen MR) is 420 cm³/mol. The number of carbonyl (C=O) groups is 3. The third kappa shape index (κ3) is 79.9. The summed E-state index contributed by atoms with van der Waals surface area (Å²) in [5, 5.41) is 9.78. The summed E-state index contributed by atoms with van der Waals surface area (Å²) in [6.45, 7) is 4.83. The fourth-order valence-corrected chi connectivity index (χ4v) is 12.6. The lowest BCUT2D eigenvalue weighted by Gasteiger charge is -2.25. The molecule has 0 aliphatic heterocycles. The summed E-state index contributed by atoms with van der Waals surface area (Å²) in [7, 11) is 6.00. The van der Waals surface area contributed by atoms with Crippen LogP contribution in [-0.4, -0.2) is 87.4 Å². The molecule has 0 aromatic rings. The number of esters is 2. The second-order valence-electron chi connectivity index (χ2n) is 29.8. The molecule has 0 saturated carbocycles. The molecule has 0 spiro atoms. The monoisotopic (exact) mass is 1360 g/mol. The molecule has 0 radical (unpaired) electrons. The third-order valence-corrected chi connectivity index (χ3v) is 18.9. The number of allylic oxidation sites excluding steroid dienone is 12. The van der Waals surface area contributed by atoms with Crippen molar-refractivity contribution >= 4 is 17.9 Å². The normalized spacial score (nSPS) is 13.0. The van der Waals surface area contributed by atoms with Crippen LogP contribution in [0.5, 0.6) is 0 Å². The maximum atomic E-state index is 13.0. The van der Waals surface area contributed by atoms with Gasteiger partial charge in [-0.05, 0) is 83.5 Å². The molecular weight excluding hydrogens is 1200 g/mol. The molecule has 2 unspecified atom stereocenters. The molecule has 0 amide bonds. The van der Waals surface area contributed by atoms with Gasteiger partial charge < -0.3 is 28.5 Å². The number of aliphatic carboxylic acids is 1. The van der Waals surface area contributed by atoms with E-state index in [2.05, 4.69) is 86.8 Å². The highest BCUT2D eigenvalue weighted by molar-refractivity contribution is 5.71. The van der Waals surface area contributed by atoms with Gasteiger partial charge in [0.2, 0.25) is 0 Å². The lowest BCUT2D eigenvalue weighted by molar-refractivity contribution is -0.870. The summed E-state index contributed by atoms with van der Waals surface area (Å²) in [4.78, 5) is 37.8. The van der Waals surface area contributed by atoms with E-state index < -0.39 is 18.4 Å². The number of likely N-dealkylation sites (N-methyl/N-ethyl adjacent to an activating group) is 1. The van der Waals surface area contributed by atoms with Crippen molar-refractivity contribution in [2.75, 3.05) is 47.5 Å². The third-order valence-electron chi connectivity index (χ3n) is 18.9. The van der Waals surface area contributed by atoms with Crippen LogP contribution in [0.25, 0.3) is 0 Å². The van der Waals surface area contributed by atoms with Crippen molar-refractivity contribution in [3.8, 4) is 0 Å². The fourth-order valence-electron chi connectivity index (χ4n) is 12.6. The Hall–Kier alpha value is -3.27. The molecule has 0 aromatic heterocycles. The Balaban J connectivity index is 3.93. The molecule has 2 atom stereocenters. The Bertz CT molecular complexity index is 1830. The van der Waals surface area contributed by atoms with Crippen molar-refractivity contribution in [3.05, 3.63) is 72.9 Å². The Morgan fingerprint density at radius 1 is 0.320 bits per heavy atom. The lowest BCUT2D eigenvalue weighted by atomic mass is 10.0. The van der Waals surface area contributed by atoms with Crippen molar-refractivity contribution < 1.29 is 42.9 Å². The molecule has 0 bridgehead atoms. The number of ether oxygens (including phenoxy) is 4. The number of carboxylic acids is 1. The van der Waals surface area contributed by atoms with Gasteiger partial charge in [-0.3, -0.25) is 9.59 Å². The highest BCUT2D eigenvalue weighted by Crippen LogP contribution is 2.20. The van der Waals surface area contributed by atoms with E-state index in [1.54, 1.807) is 0 Å². The highest BCUT2D eigenvalue weighted by atomic mass is 16.7. The summed E-state index contributed by atoms with van der Waals surface area (Å²) in [5.41, 5.74) is 0. The average molecular weight is 1360 g/mol. The van der Waals surface area contributed by atoms with Crippen LogP contribution in [0, 0.1) is 0 Å². The Kier molecular flexibility index (Phi) is 75.8. The van der Waals surface area contributed by atoms with Crippen LogP contribution in [-0.2, 0) is 33.3 Å². The quantitative estimate of drug-likeness (QED) is 0.0211. The Morgan fingerprint density at radius 3 is 0.887 bits per heavy atom. The first-order chi connectivity index (χ1) is 47.6. The van der Waals surface area contributed by atoms with Crippen LogP contribution >= 0.6 is 0 Å². The Labute approximate surface area is 602 Å². The van der Waals surface area contributed by atoms with Crippen LogP contribution in [0.2, 0.25) is 0 Å². The minimum atomic E-state index is -1.51. The minimum Gasteiger partial charge on any atom is -0.477 e. The molecule has 0 heterocycles. The predicted octanol–water partition coefficient (Wildman–Crippen LogP) is 27.2. The van der Waals surface area contributed by atoms with Gasteiger partial charge in [0, 0.05) is 12.8 Å². The van der Waals surface area contributed by atoms with Gasteiger partial charge in [0.05, 0.1) is 34.4 Å². The summed E-state index contributed by atoms with van der Waals surface area (Å²) in [5.74, 6) is -1.98. The van der Waals surface area contributed by atoms with E-state index in [0.717, 1.165) is 70.6 Å². The number of hydrogen-bond donors (Lipinski definition) is 1. The van der Waals surface area contributed by atoms with Gasteiger partial charge in [0.1, 0.15) is 13.2 Å². The number of nitrogens with zero attached hydrogens (tertiary/aromatic N) is 1. The van der Waals surface area contributed by atoms with E-state index in [1.165, 1.54) is 315 Å². The first-order valence-corrected chi connectivity index (χ1v) is 42.1. The largest absolute Gasteiger partial charge is 0.477 e. The van der Waals surface area contributed by atoms with Gasteiger partial charge in [-0.1, -0.05) is 389 Å². The lowest BCUT2D eigenvalue weighted by Crippen LogP contribution is -2.40. The molecule has 0 rings (SSSR count). The van der Waals surface area contributed by atoms with E-state index in [1.807, 2.05) is 21.1 Å². The average Bonchev–Trinajstić information content (AvgIpc) is 2.39.